The molecule has 0 aromatic carbocycles. The molecule has 1 saturated heterocycles. The number of ether oxygens (including phenoxy) is 1. The van der Waals surface area contributed by atoms with Crippen molar-refractivity contribution in [2.24, 2.45) is 5.92 Å². The maximum absolute atomic E-state index is 5.95. The van der Waals surface area contributed by atoms with Crippen LogP contribution in [0.1, 0.15) is 32.1 Å². The van der Waals surface area contributed by atoms with Gasteiger partial charge in [-0.25, -0.2) is 0 Å². The maximum Gasteiger partial charge on any atom is 0.157 e. The Hall–Kier alpha value is -1.03. The van der Waals surface area contributed by atoms with Crippen LogP contribution in [0.4, 0.5) is 0 Å². The van der Waals surface area contributed by atoms with E-state index in [0.717, 1.165) is 44.1 Å². The summed E-state index contributed by atoms with van der Waals surface area (Å²) < 4.78 is 7.99. The van der Waals surface area contributed by atoms with Gasteiger partial charge in [-0.05, 0) is 44.7 Å². The minimum atomic E-state index is 0.373. The average Bonchev–Trinajstić information content (AvgIpc) is 2.73. The highest BCUT2D eigenvalue weighted by Gasteiger charge is 2.19. The van der Waals surface area contributed by atoms with Gasteiger partial charge in [0.05, 0.1) is 12.4 Å². The number of nitrogens with one attached hydrogen (secondary N) is 1. The molecule has 1 aromatic rings. The fourth-order valence-electron chi connectivity index (χ4n) is 2.55. The van der Waals surface area contributed by atoms with Crippen molar-refractivity contribution in [1.82, 2.24) is 15.1 Å². The highest BCUT2D eigenvalue weighted by Crippen LogP contribution is 2.28. The van der Waals surface area contributed by atoms with E-state index in [2.05, 4.69) is 16.6 Å². The second-order valence-corrected chi connectivity index (χ2v) is 5.26. The zero-order chi connectivity index (χ0) is 11.5. The van der Waals surface area contributed by atoms with Gasteiger partial charge in [-0.15, -0.1) is 0 Å². The Bertz CT molecular complexity index is 353. The van der Waals surface area contributed by atoms with Gasteiger partial charge in [0.15, 0.2) is 5.75 Å². The van der Waals surface area contributed by atoms with Crippen LogP contribution in [0.15, 0.2) is 12.4 Å². The minimum absolute atomic E-state index is 0.373. The normalized spacial score (nSPS) is 22.4. The average molecular weight is 235 g/mol. The summed E-state index contributed by atoms with van der Waals surface area (Å²) in [4.78, 5) is 0. The first-order chi connectivity index (χ1) is 8.40. The van der Waals surface area contributed by atoms with E-state index in [0.29, 0.717) is 6.10 Å². The highest BCUT2D eigenvalue weighted by molar-refractivity contribution is 5.12. The number of rotatable bonds is 4. The molecular formula is C13H21N3O. The van der Waals surface area contributed by atoms with Crippen molar-refractivity contribution in [2.75, 3.05) is 13.1 Å². The fourth-order valence-corrected chi connectivity index (χ4v) is 2.55. The Kier molecular flexibility index (Phi) is 3.31. The molecule has 94 valence electrons. The predicted molar refractivity (Wildman–Crippen MR) is 66.1 cm³/mol. The van der Waals surface area contributed by atoms with Crippen LogP contribution in [0.25, 0.3) is 0 Å². The van der Waals surface area contributed by atoms with Gasteiger partial charge in [-0.1, -0.05) is 6.42 Å². The lowest BCUT2D eigenvalue weighted by Crippen LogP contribution is -2.34. The van der Waals surface area contributed by atoms with Gasteiger partial charge < -0.3 is 10.1 Å². The van der Waals surface area contributed by atoms with Crippen LogP contribution in [0.3, 0.4) is 0 Å². The Morgan fingerprint density at radius 2 is 2.12 bits per heavy atom. The Morgan fingerprint density at radius 1 is 1.29 bits per heavy atom. The van der Waals surface area contributed by atoms with Crippen molar-refractivity contribution in [3.8, 4) is 5.75 Å². The van der Waals surface area contributed by atoms with E-state index in [4.69, 9.17) is 4.74 Å². The molecule has 0 atom stereocenters. The molecule has 2 heterocycles. The number of hydrogen-bond donors (Lipinski definition) is 1. The third-order valence-electron chi connectivity index (χ3n) is 3.87. The summed E-state index contributed by atoms with van der Waals surface area (Å²) in [6, 6.07) is 0. The third-order valence-corrected chi connectivity index (χ3v) is 3.87. The Balaban J connectivity index is 1.52. The van der Waals surface area contributed by atoms with E-state index in [-0.39, 0.29) is 0 Å². The number of hydrogen-bond acceptors (Lipinski definition) is 3. The summed E-state index contributed by atoms with van der Waals surface area (Å²) in [5.41, 5.74) is 0. The maximum atomic E-state index is 5.95. The number of piperidine rings is 1. The lowest BCUT2D eigenvalue weighted by atomic mass is 9.85. The zero-order valence-electron chi connectivity index (χ0n) is 10.3. The summed E-state index contributed by atoms with van der Waals surface area (Å²) in [5, 5.41) is 7.73. The van der Waals surface area contributed by atoms with Crippen LogP contribution in [-0.4, -0.2) is 29.0 Å². The molecule has 1 aliphatic carbocycles. The van der Waals surface area contributed by atoms with E-state index < -0.39 is 0 Å². The molecule has 1 N–H and O–H groups in total. The summed E-state index contributed by atoms with van der Waals surface area (Å²) >= 11 is 0. The molecule has 2 fully saturated rings. The smallest absolute Gasteiger partial charge is 0.157 e. The summed E-state index contributed by atoms with van der Waals surface area (Å²) in [7, 11) is 0. The molecular weight excluding hydrogens is 214 g/mol. The molecule has 1 aromatic heterocycles. The standard InChI is InChI=1S/C13H21N3O/c1-2-11(3-1)9-16-10-13(8-15-16)17-12-4-6-14-7-5-12/h8,10-12,14H,1-7,9H2. The summed E-state index contributed by atoms with van der Waals surface area (Å²) in [6.45, 7) is 3.21. The molecule has 0 spiro atoms. The van der Waals surface area contributed by atoms with Crippen molar-refractivity contribution >= 4 is 0 Å². The van der Waals surface area contributed by atoms with Gasteiger partial charge in [0.2, 0.25) is 0 Å². The van der Waals surface area contributed by atoms with Crippen LogP contribution in [0.2, 0.25) is 0 Å². The largest absolute Gasteiger partial charge is 0.487 e. The Labute approximate surface area is 102 Å². The SMILES string of the molecule is c1nn(CC2CCC2)cc1OC1CCNCC1. The zero-order valence-corrected chi connectivity index (χ0v) is 10.3. The van der Waals surface area contributed by atoms with E-state index in [9.17, 15) is 0 Å². The second-order valence-electron chi connectivity index (χ2n) is 5.26. The molecule has 0 amide bonds. The van der Waals surface area contributed by atoms with Crippen LogP contribution < -0.4 is 10.1 Å². The van der Waals surface area contributed by atoms with Crippen LogP contribution in [-0.2, 0) is 6.54 Å². The lowest BCUT2D eigenvalue weighted by molar-refractivity contribution is 0.162. The van der Waals surface area contributed by atoms with Crippen molar-refractivity contribution in [2.45, 2.75) is 44.8 Å². The number of nitrogens with zero attached hydrogens (tertiary/aromatic N) is 2. The van der Waals surface area contributed by atoms with Crippen LogP contribution >= 0.6 is 0 Å². The molecule has 0 unspecified atom stereocenters. The van der Waals surface area contributed by atoms with E-state index in [1.807, 2.05) is 10.9 Å². The van der Waals surface area contributed by atoms with E-state index in [1.165, 1.54) is 19.3 Å². The molecule has 2 aliphatic rings. The van der Waals surface area contributed by atoms with Gasteiger partial charge in [-0.2, -0.15) is 5.10 Å². The first kappa shape index (κ1) is 11.1. The van der Waals surface area contributed by atoms with Gasteiger partial charge >= 0.3 is 0 Å². The van der Waals surface area contributed by atoms with Gasteiger partial charge in [0.25, 0.3) is 0 Å². The highest BCUT2D eigenvalue weighted by atomic mass is 16.5. The quantitative estimate of drug-likeness (QED) is 0.865. The van der Waals surface area contributed by atoms with Crippen molar-refractivity contribution in [3.05, 3.63) is 12.4 Å². The monoisotopic (exact) mass is 235 g/mol. The molecule has 4 heteroatoms. The van der Waals surface area contributed by atoms with E-state index in [1.54, 1.807) is 0 Å². The molecule has 0 bridgehead atoms. The fraction of sp³-hybridized carbons (Fsp3) is 0.769. The summed E-state index contributed by atoms with van der Waals surface area (Å²) in [6.07, 6.45) is 10.6. The van der Waals surface area contributed by atoms with Crippen molar-refractivity contribution in [3.63, 3.8) is 0 Å². The first-order valence-electron chi connectivity index (χ1n) is 6.80. The van der Waals surface area contributed by atoms with Crippen LogP contribution in [0.5, 0.6) is 5.75 Å². The lowest BCUT2D eigenvalue weighted by Gasteiger charge is -2.25. The molecule has 4 nitrogen and oxygen atoms in total. The first-order valence-corrected chi connectivity index (χ1v) is 6.80. The topological polar surface area (TPSA) is 39.1 Å². The van der Waals surface area contributed by atoms with Gasteiger partial charge in [-0.3, -0.25) is 4.68 Å². The minimum Gasteiger partial charge on any atom is -0.487 e. The molecule has 1 aliphatic heterocycles. The third kappa shape index (κ3) is 2.80. The number of aromatic nitrogens is 2. The molecule has 17 heavy (non-hydrogen) atoms. The molecule has 1 saturated carbocycles. The molecule has 3 rings (SSSR count). The second kappa shape index (κ2) is 5.08. The molecule has 0 radical (unpaired) electrons. The van der Waals surface area contributed by atoms with Crippen molar-refractivity contribution < 1.29 is 4.74 Å². The summed E-state index contributed by atoms with van der Waals surface area (Å²) in [5.74, 6) is 1.79. The van der Waals surface area contributed by atoms with E-state index >= 15 is 0 Å². The predicted octanol–water partition coefficient (Wildman–Crippen LogP) is 1.81. The van der Waals surface area contributed by atoms with Crippen LogP contribution in [0, 0.1) is 5.92 Å². The van der Waals surface area contributed by atoms with Gasteiger partial charge in [0, 0.05) is 6.54 Å². The van der Waals surface area contributed by atoms with Gasteiger partial charge in [0.1, 0.15) is 6.10 Å². The Morgan fingerprint density at radius 3 is 2.82 bits per heavy atom. The van der Waals surface area contributed by atoms with Crippen molar-refractivity contribution in [1.29, 1.82) is 0 Å².